The molecule has 1 N–H and O–H groups in total. The summed E-state index contributed by atoms with van der Waals surface area (Å²) in [5, 5.41) is 1.57. The highest BCUT2D eigenvalue weighted by Gasteiger charge is 2.34. The first-order valence-corrected chi connectivity index (χ1v) is 11.1. The topological polar surface area (TPSA) is 52.7 Å². The Labute approximate surface area is 181 Å². The molecule has 2 heterocycles. The Morgan fingerprint density at radius 3 is 2.33 bits per heavy atom. The van der Waals surface area contributed by atoms with E-state index in [0.717, 1.165) is 25.2 Å². The minimum Gasteiger partial charge on any atom is -0.367 e. The van der Waals surface area contributed by atoms with E-state index in [1.807, 2.05) is 4.90 Å². The lowest BCUT2D eigenvalue weighted by atomic mass is 10.0. The van der Waals surface area contributed by atoms with Crippen molar-refractivity contribution in [1.29, 1.82) is 0 Å². The van der Waals surface area contributed by atoms with Gasteiger partial charge in [-0.1, -0.05) is 24.4 Å². The number of amides is 2. The van der Waals surface area contributed by atoms with Crippen LogP contribution in [0.3, 0.4) is 0 Å². The van der Waals surface area contributed by atoms with Crippen LogP contribution in [0.1, 0.15) is 36.8 Å². The molecule has 1 aromatic rings. The number of nitrogens with zero attached hydrogens (tertiary/aromatic N) is 2. The molecule has 1 aliphatic carbocycles. The highest BCUT2D eigenvalue weighted by molar-refractivity contribution is 8.18. The molecular weight excluding hydrogens is 439 g/mol. The summed E-state index contributed by atoms with van der Waals surface area (Å²) in [5.41, 5.74) is -0.227. The zero-order valence-electron chi connectivity index (χ0n) is 16.1. The molecule has 2 aliphatic heterocycles. The van der Waals surface area contributed by atoms with Gasteiger partial charge in [0.2, 0.25) is 0 Å². The smallest absolute Gasteiger partial charge is 0.367 e. The van der Waals surface area contributed by atoms with E-state index in [4.69, 9.17) is 11.6 Å². The number of hydrogen-bond donors (Lipinski definition) is 1. The van der Waals surface area contributed by atoms with E-state index < -0.39 is 22.9 Å². The van der Waals surface area contributed by atoms with Gasteiger partial charge in [-0.15, -0.1) is 0 Å². The van der Waals surface area contributed by atoms with Gasteiger partial charge in [-0.05, 0) is 42.8 Å². The fraction of sp³-hybridized carbons (Fsp3) is 0.500. The van der Waals surface area contributed by atoms with Gasteiger partial charge in [-0.25, -0.2) is 0 Å². The summed E-state index contributed by atoms with van der Waals surface area (Å²) in [6, 6.07) is 2.50. The van der Waals surface area contributed by atoms with Crippen LogP contribution in [0, 0.1) is 0 Å². The Balaban J connectivity index is 1.66. The van der Waals surface area contributed by atoms with Gasteiger partial charge in [-0.2, -0.15) is 13.2 Å². The Morgan fingerprint density at radius 1 is 1.10 bits per heavy atom. The summed E-state index contributed by atoms with van der Waals surface area (Å²) < 4.78 is 40.1. The van der Waals surface area contributed by atoms with Crippen molar-refractivity contribution in [3.8, 4) is 0 Å². The summed E-state index contributed by atoms with van der Waals surface area (Å²) in [4.78, 5) is 27.9. The van der Waals surface area contributed by atoms with E-state index in [2.05, 4.69) is 10.2 Å². The number of hydrogen-bond acceptors (Lipinski definition) is 5. The zero-order valence-corrected chi connectivity index (χ0v) is 17.7. The van der Waals surface area contributed by atoms with Crippen LogP contribution in [-0.2, 0) is 11.0 Å². The monoisotopic (exact) mass is 459 g/mol. The van der Waals surface area contributed by atoms with E-state index in [1.165, 1.54) is 31.8 Å². The standard InChI is InChI=1S/C20H21ClF3N3O2S/c21-15-11-13(20(22,23)24)9-12(10-16-18(28)25-19(29)30-16)17(15)27-7-5-26(6-8-27)14-3-1-2-4-14/h9-11,14H,1-8H2,(H,25,28,29). The van der Waals surface area contributed by atoms with Crippen LogP contribution in [0.4, 0.5) is 23.7 Å². The minimum absolute atomic E-state index is 0.0132. The molecule has 162 valence electrons. The van der Waals surface area contributed by atoms with Gasteiger partial charge in [0.1, 0.15) is 0 Å². The van der Waals surface area contributed by atoms with Crippen molar-refractivity contribution in [1.82, 2.24) is 10.2 Å². The number of anilines is 1. The minimum atomic E-state index is -4.57. The lowest BCUT2D eigenvalue weighted by Gasteiger charge is -2.40. The first kappa shape index (κ1) is 21.5. The van der Waals surface area contributed by atoms with Crippen molar-refractivity contribution in [2.24, 2.45) is 0 Å². The molecule has 0 bridgehead atoms. The Kier molecular flexibility index (Phi) is 6.05. The number of benzene rings is 1. The second-order valence-corrected chi connectivity index (χ2v) is 9.13. The lowest BCUT2D eigenvalue weighted by Crippen LogP contribution is -2.50. The van der Waals surface area contributed by atoms with Crippen LogP contribution in [0.25, 0.3) is 6.08 Å². The number of carbonyl (C=O) groups excluding carboxylic acids is 2. The summed E-state index contributed by atoms with van der Waals surface area (Å²) in [6.45, 7) is 2.89. The molecule has 10 heteroatoms. The third kappa shape index (κ3) is 4.48. The maximum atomic E-state index is 13.4. The number of nitrogens with one attached hydrogen (secondary N) is 1. The lowest BCUT2D eigenvalue weighted by molar-refractivity contribution is -0.137. The molecule has 5 nitrogen and oxygen atoms in total. The normalized spacial score (nSPS) is 22.9. The first-order valence-electron chi connectivity index (χ1n) is 9.87. The summed E-state index contributed by atoms with van der Waals surface area (Å²) >= 11 is 7.00. The molecule has 0 aromatic heterocycles. The molecule has 30 heavy (non-hydrogen) atoms. The van der Waals surface area contributed by atoms with Crippen molar-refractivity contribution >= 4 is 46.3 Å². The number of carbonyl (C=O) groups is 2. The Morgan fingerprint density at radius 2 is 1.77 bits per heavy atom. The molecule has 3 fully saturated rings. The first-order chi connectivity index (χ1) is 14.2. The second kappa shape index (κ2) is 8.43. The maximum absolute atomic E-state index is 13.4. The van der Waals surface area contributed by atoms with E-state index in [0.29, 0.717) is 36.6 Å². The van der Waals surface area contributed by atoms with Gasteiger partial charge in [0.15, 0.2) is 0 Å². The summed E-state index contributed by atoms with van der Waals surface area (Å²) in [5.74, 6) is -0.615. The van der Waals surface area contributed by atoms with Crippen LogP contribution < -0.4 is 10.2 Å². The van der Waals surface area contributed by atoms with Crippen LogP contribution >= 0.6 is 23.4 Å². The number of rotatable bonds is 3. The molecule has 3 aliphatic rings. The summed E-state index contributed by atoms with van der Waals surface area (Å²) in [6.07, 6.45) is 1.62. The predicted molar refractivity (Wildman–Crippen MR) is 112 cm³/mol. The molecule has 4 rings (SSSR count). The SMILES string of the molecule is O=C1NC(=O)C(=Cc2cc(C(F)(F)F)cc(Cl)c2N2CCN(C3CCCC3)CC2)S1. The van der Waals surface area contributed by atoms with Gasteiger partial charge in [0, 0.05) is 37.8 Å². The predicted octanol–water partition coefficient (Wildman–Crippen LogP) is 4.75. The number of thioether (sulfide) groups is 1. The van der Waals surface area contributed by atoms with Gasteiger partial charge in [0.05, 0.1) is 21.2 Å². The van der Waals surface area contributed by atoms with E-state index in [9.17, 15) is 22.8 Å². The highest BCUT2D eigenvalue weighted by atomic mass is 35.5. The molecule has 2 saturated heterocycles. The van der Waals surface area contributed by atoms with E-state index in [-0.39, 0.29) is 15.5 Å². The molecule has 0 atom stereocenters. The maximum Gasteiger partial charge on any atom is 0.416 e. The van der Waals surface area contributed by atoms with Crippen molar-refractivity contribution in [2.75, 3.05) is 31.1 Å². The number of imide groups is 1. The van der Waals surface area contributed by atoms with Crippen molar-refractivity contribution in [3.63, 3.8) is 0 Å². The second-order valence-electron chi connectivity index (χ2n) is 7.71. The van der Waals surface area contributed by atoms with Crippen LogP contribution in [-0.4, -0.2) is 48.3 Å². The Bertz CT molecular complexity index is 892. The molecular formula is C20H21ClF3N3O2S. The van der Waals surface area contributed by atoms with Crippen molar-refractivity contribution in [3.05, 3.63) is 33.2 Å². The highest BCUT2D eigenvalue weighted by Crippen LogP contribution is 2.40. The third-order valence-electron chi connectivity index (χ3n) is 5.82. The van der Waals surface area contributed by atoms with Crippen molar-refractivity contribution < 1.29 is 22.8 Å². The fourth-order valence-corrected chi connectivity index (χ4v) is 5.39. The van der Waals surface area contributed by atoms with Crippen molar-refractivity contribution in [2.45, 2.75) is 37.9 Å². The average molecular weight is 460 g/mol. The quantitative estimate of drug-likeness (QED) is 0.661. The summed E-state index contributed by atoms with van der Waals surface area (Å²) in [7, 11) is 0. The largest absolute Gasteiger partial charge is 0.416 e. The van der Waals surface area contributed by atoms with E-state index in [1.54, 1.807) is 0 Å². The van der Waals surface area contributed by atoms with Crippen LogP contribution in [0.15, 0.2) is 17.0 Å². The number of piperazine rings is 1. The molecule has 0 spiro atoms. The molecule has 1 aromatic carbocycles. The number of halogens is 4. The van der Waals surface area contributed by atoms with Gasteiger partial charge >= 0.3 is 6.18 Å². The van der Waals surface area contributed by atoms with Gasteiger partial charge in [0.25, 0.3) is 11.1 Å². The van der Waals surface area contributed by atoms with Crippen LogP contribution in [0.2, 0.25) is 5.02 Å². The van der Waals surface area contributed by atoms with E-state index >= 15 is 0 Å². The third-order valence-corrected chi connectivity index (χ3v) is 6.92. The molecule has 0 unspecified atom stereocenters. The molecule has 1 saturated carbocycles. The number of alkyl halides is 3. The average Bonchev–Trinajstić information content (AvgIpc) is 3.31. The van der Waals surface area contributed by atoms with Crippen LogP contribution in [0.5, 0.6) is 0 Å². The van der Waals surface area contributed by atoms with Gasteiger partial charge in [-0.3, -0.25) is 19.8 Å². The van der Waals surface area contributed by atoms with Gasteiger partial charge < -0.3 is 4.90 Å². The fourth-order valence-electron chi connectivity index (χ4n) is 4.37. The Hall–Kier alpha value is -1.71. The molecule has 2 amide bonds. The zero-order chi connectivity index (χ0) is 21.5. The molecule has 0 radical (unpaired) electrons.